The number of benzene rings is 1. The second-order valence-corrected chi connectivity index (χ2v) is 3.63. The molecule has 0 saturated carbocycles. The maximum atomic E-state index is 6.05. The second kappa shape index (κ2) is 6.30. The molecule has 86 valence electrons. The van der Waals surface area contributed by atoms with Crippen molar-refractivity contribution < 1.29 is 9.47 Å². The molecule has 0 atom stereocenters. The van der Waals surface area contributed by atoms with E-state index < -0.39 is 0 Å². The molecule has 3 heteroatoms. The molecule has 0 spiro atoms. The zero-order valence-electron chi connectivity index (χ0n) is 9.76. The number of ether oxygens (including phenoxy) is 2. The Morgan fingerprint density at radius 2 is 1.88 bits per heavy atom. The SMILES string of the molecule is CC#CCCc1cc(Cl)c(OC)cc1OC. The molecule has 0 radical (unpaired) electrons. The molecule has 1 aromatic carbocycles. The Bertz CT molecular complexity index is 416. The predicted octanol–water partition coefficient (Wildman–Crippen LogP) is 3.31. The summed E-state index contributed by atoms with van der Waals surface area (Å²) in [6, 6.07) is 3.67. The van der Waals surface area contributed by atoms with Gasteiger partial charge in [0, 0.05) is 12.5 Å². The van der Waals surface area contributed by atoms with Crippen LogP contribution in [0, 0.1) is 11.8 Å². The average Bonchev–Trinajstić information content (AvgIpc) is 2.30. The molecule has 2 nitrogen and oxygen atoms in total. The number of aryl methyl sites for hydroxylation is 1. The van der Waals surface area contributed by atoms with Gasteiger partial charge < -0.3 is 9.47 Å². The topological polar surface area (TPSA) is 18.5 Å². The van der Waals surface area contributed by atoms with Crippen LogP contribution in [0.15, 0.2) is 12.1 Å². The van der Waals surface area contributed by atoms with Crippen LogP contribution in [0.3, 0.4) is 0 Å². The Balaban J connectivity index is 2.96. The Morgan fingerprint density at radius 3 is 2.44 bits per heavy atom. The molecule has 0 N–H and O–H groups in total. The van der Waals surface area contributed by atoms with E-state index in [1.54, 1.807) is 20.3 Å². The number of methoxy groups -OCH3 is 2. The van der Waals surface area contributed by atoms with E-state index in [1.807, 2.05) is 13.0 Å². The van der Waals surface area contributed by atoms with Crippen LogP contribution in [-0.4, -0.2) is 14.2 Å². The Hall–Kier alpha value is -1.33. The highest BCUT2D eigenvalue weighted by molar-refractivity contribution is 6.32. The molecule has 0 aliphatic heterocycles. The van der Waals surface area contributed by atoms with E-state index in [0.717, 1.165) is 24.2 Å². The van der Waals surface area contributed by atoms with E-state index >= 15 is 0 Å². The normalized spacial score (nSPS) is 9.25. The van der Waals surface area contributed by atoms with Crippen LogP contribution in [0.1, 0.15) is 18.9 Å². The third-order valence-corrected chi connectivity index (χ3v) is 2.55. The minimum atomic E-state index is 0.600. The summed E-state index contributed by atoms with van der Waals surface area (Å²) in [6.45, 7) is 1.83. The lowest BCUT2D eigenvalue weighted by Crippen LogP contribution is -1.94. The van der Waals surface area contributed by atoms with Crippen LogP contribution in [0.5, 0.6) is 11.5 Å². The standard InChI is InChI=1S/C13H15ClO2/c1-4-5-6-7-10-8-11(14)13(16-3)9-12(10)15-2/h8-9H,6-7H2,1-3H3. The van der Waals surface area contributed by atoms with Gasteiger partial charge in [0.2, 0.25) is 0 Å². The van der Waals surface area contributed by atoms with Gasteiger partial charge in [-0.05, 0) is 25.0 Å². The van der Waals surface area contributed by atoms with Gasteiger partial charge in [0.15, 0.2) is 0 Å². The summed E-state index contributed by atoms with van der Waals surface area (Å²) in [4.78, 5) is 0. The van der Waals surface area contributed by atoms with Crippen molar-refractivity contribution in [1.29, 1.82) is 0 Å². The van der Waals surface area contributed by atoms with Crippen molar-refractivity contribution in [2.45, 2.75) is 19.8 Å². The van der Waals surface area contributed by atoms with Gasteiger partial charge in [-0.15, -0.1) is 11.8 Å². The van der Waals surface area contributed by atoms with Gasteiger partial charge in [-0.1, -0.05) is 11.6 Å². The van der Waals surface area contributed by atoms with Crippen LogP contribution in [0.25, 0.3) is 0 Å². The zero-order valence-corrected chi connectivity index (χ0v) is 10.5. The molecule has 0 aliphatic carbocycles. The lowest BCUT2D eigenvalue weighted by molar-refractivity contribution is 0.391. The average molecular weight is 239 g/mol. The van der Waals surface area contributed by atoms with Crippen molar-refractivity contribution in [3.05, 3.63) is 22.7 Å². The van der Waals surface area contributed by atoms with Gasteiger partial charge in [-0.25, -0.2) is 0 Å². The molecule has 0 fully saturated rings. The molecule has 0 aromatic heterocycles. The number of halogens is 1. The molecule has 0 bridgehead atoms. The molecule has 1 rings (SSSR count). The second-order valence-electron chi connectivity index (χ2n) is 3.23. The number of rotatable bonds is 4. The number of hydrogen-bond donors (Lipinski definition) is 0. The van der Waals surface area contributed by atoms with E-state index in [4.69, 9.17) is 21.1 Å². The summed E-state index contributed by atoms with van der Waals surface area (Å²) in [7, 11) is 3.22. The van der Waals surface area contributed by atoms with Crippen molar-refractivity contribution in [2.24, 2.45) is 0 Å². The van der Waals surface area contributed by atoms with Gasteiger partial charge in [-0.3, -0.25) is 0 Å². The summed E-state index contributed by atoms with van der Waals surface area (Å²) in [5.74, 6) is 7.30. The fraction of sp³-hybridized carbons (Fsp3) is 0.385. The monoisotopic (exact) mass is 238 g/mol. The maximum absolute atomic E-state index is 6.05. The van der Waals surface area contributed by atoms with Crippen molar-refractivity contribution in [1.82, 2.24) is 0 Å². The van der Waals surface area contributed by atoms with Crippen molar-refractivity contribution >= 4 is 11.6 Å². The molecule has 0 heterocycles. The molecule has 0 aliphatic rings. The smallest absolute Gasteiger partial charge is 0.141 e. The minimum Gasteiger partial charge on any atom is -0.496 e. The third kappa shape index (κ3) is 3.08. The molecule has 0 saturated heterocycles. The van der Waals surface area contributed by atoms with E-state index in [2.05, 4.69) is 11.8 Å². The lowest BCUT2D eigenvalue weighted by atomic mass is 10.1. The van der Waals surface area contributed by atoms with E-state index in [-0.39, 0.29) is 0 Å². The Kier molecular flexibility index (Phi) is 5.01. The van der Waals surface area contributed by atoms with Crippen LogP contribution in [0.4, 0.5) is 0 Å². The van der Waals surface area contributed by atoms with Gasteiger partial charge in [0.1, 0.15) is 11.5 Å². The van der Waals surface area contributed by atoms with E-state index in [1.165, 1.54) is 0 Å². The highest BCUT2D eigenvalue weighted by Gasteiger charge is 2.08. The minimum absolute atomic E-state index is 0.600. The largest absolute Gasteiger partial charge is 0.496 e. The van der Waals surface area contributed by atoms with Crippen LogP contribution >= 0.6 is 11.6 Å². The van der Waals surface area contributed by atoms with Crippen molar-refractivity contribution in [2.75, 3.05) is 14.2 Å². The van der Waals surface area contributed by atoms with Crippen molar-refractivity contribution in [3.8, 4) is 23.3 Å². The molecule has 16 heavy (non-hydrogen) atoms. The summed E-state index contributed by atoms with van der Waals surface area (Å²) in [5.41, 5.74) is 1.05. The van der Waals surface area contributed by atoms with Gasteiger partial charge in [0.05, 0.1) is 19.2 Å². The first-order chi connectivity index (χ1) is 7.72. The third-order valence-electron chi connectivity index (χ3n) is 2.25. The number of hydrogen-bond acceptors (Lipinski definition) is 2. The van der Waals surface area contributed by atoms with Gasteiger partial charge in [-0.2, -0.15) is 0 Å². The summed E-state index contributed by atoms with van der Waals surface area (Å²) in [5, 5.41) is 0.600. The molecular formula is C13H15ClO2. The predicted molar refractivity (Wildman–Crippen MR) is 66.3 cm³/mol. The highest BCUT2D eigenvalue weighted by Crippen LogP contribution is 2.32. The molecule has 0 amide bonds. The Labute approximate surface area is 102 Å². The fourth-order valence-electron chi connectivity index (χ4n) is 1.44. The van der Waals surface area contributed by atoms with Crippen LogP contribution in [0.2, 0.25) is 5.02 Å². The lowest BCUT2D eigenvalue weighted by Gasteiger charge is -2.11. The fourth-order valence-corrected chi connectivity index (χ4v) is 1.70. The summed E-state index contributed by atoms with van der Waals surface area (Å²) in [6.07, 6.45) is 1.63. The van der Waals surface area contributed by atoms with Crippen LogP contribution < -0.4 is 9.47 Å². The van der Waals surface area contributed by atoms with Gasteiger partial charge in [0.25, 0.3) is 0 Å². The molecule has 1 aromatic rings. The van der Waals surface area contributed by atoms with Crippen molar-refractivity contribution in [3.63, 3.8) is 0 Å². The maximum Gasteiger partial charge on any atom is 0.141 e. The van der Waals surface area contributed by atoms with E-state index in [0.29, 0.717) is 10.8 Å². The zero-order chi connectivity index (χ0) is 12.0. The molecular weight excluding hydrogens is 224 g/mol. The first-order valence-corrected chi connectivity index (χ1v) is 5.40. The molecule has 0 unspecified atom stereocenters. The highest BCUT2D eigenvalue weighted by atomic mass is 35.5. The van der Waals surface area contributed by atoms with Gasteiger partial charge >= 0.3 is 0 Å². The summed E-state index contributed by atoms with van der Waals surface area (Å²) < 4.78 is 10.4. The quantitative estimate of drug-likeness (QED) is 0.750. The van der Waals surface area contributed by atoms with Crippen LogP contribution in [-0.2, 0) is 6.42 Å². The first kappa shape index (κ1) is 12.7. The Morgan fingerprint density at radius 1 is 1.19 bits per heavy atom. The summed E-state index contributed by atoms with van der Waals surface area (Å²) >= 11 is 6.05. The first-order valence-electron chi connectivity index (χ1n) is 5.03. The van der Waals surface area contributed by atoms with E-state index in [9.17, 15) is 0 Å².